The SMILES string of the molecule is CCNC(=NCCCc1c[nH]c2ccccc12)N1CCC(COCCOC)C1.I. The lowest BCUT2D eigenvalue weighted by Crippen LogP contribution is -2.40. The number of methoxy groups -OCH3 is 1. The second-order valence-corrected chi connectivity index (χ2v) is 7.37. The van der Waals surface area contributed by atoms with Gasteiger partial charge >= 0.3 is 0 Å². The summed E-state index contributed by atoms with van der Waals surface area (Å²) >= 11 is 0. The molecule has 0 spiro atoms. The fourth-order valence-electron chi connectivity index (χ4n) is 3.77. The van der Waals surface area contributed by atoms with Crippen molar-refractivity contribution in [3.8, 4) is 0 Å². The first-order valence-electron chi connectivity index (χ1n) is 10.5. The van der Waals surface area contributed by atoms with Crippen LogP contribution in [0.5, 0.6) is 0 Å². The molecule has 1 aliphatic heterocycles. The van der Waals surface area contributed by atoms with Crippen molar-refractivity contribution in [3.63, 3.8) is 0 Å². The number of aliphatic imine (C=N–C) groups is 1. The van der Waals surface area contributed by atoms with Gasteiger partial charge in [-0.3, -0.25) is 4.99 Å². The summed E-state index contributed by atoms with van der Waals surface area (Å²) < 4.78 is 10.7. The lowest BCUT2D eigenvalue weighted by molar-refractivity contribution is 0.0536. The van der Waals surface area contributed by atoms with Crippen LogP contribution in [0.3, 0.4) is 0 Å². The first-order valence-corrected chi connectivity index (χ1v) is 10.5. The van der Waals surface area contributed by atoms with Crippen LogP contribution in [0.4, 0.5) is 0 Å². The van der Waals surface area contributed by atoms with Gasteiger partial charge in [-0.1, -0.05) is 18.2 Å². The van der Waals surface area contributed by atoms with E-state index in [0.29, 0.717) is 19.1 Å². The Hall–Kier alpha value is -1.32. The van der Waals surface area contributed by atoms with Crippen LogP contribution in [0.2, 0.25) is 0 Å². The summed E-state index contributed by atoms with van der Waals surface area (Å²) in [7, 11) is 1.71. The smallest absolute Gasteiger partial charge is 0.193 e. The maximum Gasteiger partial charge on any atom is 0.193 e. The minimum Gasteiger partial charge on any atom is -0.382 e. The van der Waals surface area contributed by atoms with E-state index in [1.165, 1.54) is 16.5 Å². The Morgan fingerprint density at radius 1 is 1.31 bits per heavy atom. The minimum absolute atomic E-state index is 0. The van der Waals surface area contributed by atoms with Crippen LogP contribution in [0, 0.1) is 5.92 Å². The number of aromatic amines is 1. The van der Waals surface area contributed by atoms with Crippen molar-refractivity contribution in [2.24, 2.45) is 10.9 Å². The third kappa shape index (κ3) is 7.15. The summed E-state index contributed by atoms with van der Waals surface area (Å²) in [4.78, 5) is 10.6. The van der Waals surface area contributed by atoms with E-state index in [4.69, 9.17) is 14.5 Å². The molecule has 0 saturated carbocycles. The standard InChI is InChI=1S/C22H34N4O2.HI/c1-3-23-22(26-12-10-18(16-26)17-28-14-13-27-2)24-11-6-7-19-15-25-21-9-5-4-8-20(19)21;/h4-5,8-9,15,18,25H,3,6-7,10-14,16-17H2,1-2H3,(H,23,24);1H. The summed E-state index contributed by atoms with van der Waals surface area (Å²) in [5.74, 6) is 1.62. The minimum atomic E-state index is 0. The van der Waals surface area contributed by atoms with E-state index in [1.807, 2.05) is 0 Å². The van der Waals surface area contributed by atoms with Crippen molar-refractivity contribution in [2.45, 2.75) is 26.2 Å². The van der Waals surface area contributed by atoms with Gasteiger partial charge in [-0.25, -0.2) is 0 Å². The molecule has 2 N–H and O–H groups in total. The van der Waals surface area contributed by atoms with Crippen LogP contribution >= 0.6 is 24.0 Å². The third-order valence-electron chi connectivity index (χ3n) is 5.25. The van der Waals surface area contributed by atoms with Gasteiger partial charge < -0.3 is 24.7 Å². The van der Waals surface area contributed by atoms with Gasteiger partial charge in [-0.15, -0.1) is 24.0 Å². The molecule has 2 aromatic rings. The monoisotopic (exact) mass is 514 g/mol. The summed E-state index contributed by atoms with van der Waals surface area (Å²) in [6, 6.07) is 8.49. The molecule has 1 aromatic carbocycles. The zero-order valence-electron chi connectivity index (χ0n) is 17.7. The number of guanidine groups is 1. The van der Waals surface area contributed by atoms with Gasteiger partial charge in [0.05, 0.1) is 19.8 Å². The first kappa shape index (κ1) is 24.0. The predicted octanol–water partition coefficient (Wildman–Crippen LogP) is 3.67. The maximum absolute atomic E-state index is 5.71. The van der Waals surface area contributed by atoms with Crippen LogP contribution in [-0.2, 0) is 15.9 Å². The molecular weight excluding hydrogens is 479 g/mol. The Bertz CT molecular complexity index is 749. The van der Waals surface area contributed by atoms with E-state index in [1.54, 1.807) is 7.11 Å². The highest BCUT2D eigenvalue weighted by Gasteiger charge is 2.24. The number of ether oxygens (including phenoxy) is 2. The van der Waals surface area contributed by atoms with Crippen LogP contribution in [-0.4, -0.2) is 69.0 Å². The summed E-state index contributed by atoms with van der Waals surface area (Å²) in [5.41, 5.74) is 2.59. The molecule has 1 fully saturated rings. The van der Waals surface area contributed by atoms with E-state index in [9.17, 15) is 0 Å². The number of para-hydroxylation sites is 1. The van der Waals surface area contributed by atoms with Crippen LogP contribution in [0.25, 0.3) is 10.9 Å². The van der Waals surface area contributed by atoms with E-state index in [-0.39, 0.29) is 24.0 Å². The Labute approximate surface area is 191 Å². The van der Waals surface area contributed by atoms with Gasteiger partial charge in [-0.2, -0.15) is 0 Å². The summed E-state index contributed by atoms with van der Waals surface area (Å²) in [5, 5.41) is 4.78. The van der Waals surface area contributed by atoms with Gasteiger partial charge in [-0.05, 0) is 37.8 Å². The van der Waals surface area contributed by atoms with E-state index in [2.05, 4.69) is 52.6 Å². The molecule has 7 heteroatoms. The van der Waals surface area contributed by atoms with Gasteiger partial charge in [0, 0.05) is 56.3 Å². The molecule has 1 aliphatic rings. The highest BCUT2D eigenvalue weighted by molar-refractivity contribution is 14.0. The number of nitrogens with one attached hydrogen (secondary N) is 2. The lowest BCUT2D eigenvalue weighted by Gasteiger charge is -2.21. The molecule has 2 heterocycles. The lowest BCUT2D eigenvalue weighted by atomic mass is 10.1. The van der Waals surface area contributed by atoms with Crippen molar-refractivity contribution in [1.29, 1.82) is 0 Å². The molecule has 3 rings (SSSR count). The molecule has 1 aromatic heterocycles. The van der Waals surface area contributed by atoms with Gasteiger partial charge in [0.25, 0.3) is 0 Å². The molecule has 1 unspecified atom stereocenters. The number of halogens is 1. The summed E-state index contributed by atoms with van der Waals surface area (Å²) in [6.07, 6.45) is 5.39. The van der Waals surface area contributed by atoms with Crippen LogP contribution in [0.15, 0.2) is 35.5 Å². The number of nitrogens with zero attached hydrogens (tertiary/aromatic N) is 2. The average molecular weight is 514 g/mol. The van der Waals surface area contributed by atoms with Crippen LogP contribution < -0.4 is 5.32 Å². The molecule has 0 bridgehead atoms. The van der Waals surface area contributed by atoms with E-state index < -0.39 is 0 Å². The highest BCUT2D eigenvalue weighted by atomic mass is 127. The predicted molar refractivity (Wildman–Crippen MR) is 130 cm³/mol. The molecule has 1 saturated heterocycles. The Kier molecular flexibility index (Phi) is 10.8. The van der Waals surface area contributed by atoms with Crippen molar-refractivity contribution in [2.75, 3.05) is 53.1 Å². The maximum atomic E-state index is 5.71. The van der Waals surface area contributed by atoms with Crippen molar-refractivity contribution in [3.05, 3.63) is 36.0 Å². The quantitative estimate of drug-likeness (QED) is 0.220. The topological polar surface area (TPSA) is 61.9 Å². The first-order chi connectivity index (χ1) is 13.8. The van der Waals surface area contributed by atoms with E-state index >= 15 is 0 Å². The molecule has 162 valence electrons. The number of rotatable bonds is 10. The fourth-order valence-corrected chi connectivity index (χ4v) is 3.77. The highest BCUT2D eigenvalue weighted by Crippen LogP contribution is 2.19. The number of hydrogen-bond donors (Lipinski definition) is 2. The zero-order chi connectivity index (χ0) is 19.6. The summed E-state index contributed by atoms with van der Waals surface area (Å²) in [6.45, 7) is 8.07. The van der Waals surface area contributed by atoms with Crippen molar-refractivity contribution < 1.29 is 9.47 Å². The molecule has 29 heavy (non-hydrogen) atoms. The zero-order valence-corrected chi connectivity index (χ0v) is 20.0. The molecule has 0 amide bonds. The Balaban J connectivity index is 0.00000300. The van der Waals surface area contributed by atoms with Crippen molar-refractivity contribution >= 4 is 40.8 Å². The number of H-pyrrole nitrogens is 1. The van der Waals surface area contributed by atoms with Gasteiger partial charge in [0.1, 0.15) is 0 Å². The van der Waals surface area contributed by atoms with Gasteiger partial charge in [0.2, 0.25) is 0 Å². The van der Waals surface area contributed by atoms with Crippen molar-refractivity contribution in [1.82, 2.24) is 15.2 Å². The molecule has 6 nitrogen and oxygen atoms in total. The molecular formula is C22H35IN4O2. The normalized spacial score (nSPS) is 17.0. The molecule has 1 atom stereocenters. The second kappa shape index (κ2) is 13.1. The third-order valence-corrected chi connectivity index (χ3v) is 5.25. The Morgan fingerprint density at radius 2 is 2.17 bits per heavy atom. The molecule has 0 radical (unpaired) electrons. The van der Waals surface area contributed by atoms with Crippen LogP contribution in [0.1, 0.15) is 25.3 Å². The average Bonchev–Trinajstić information content (AvgIpc) is 3.35. The number of fused-ring (bicyclic) bond motifs is 1. The van der Waals surface area contributed by atoms with Gasteiger partial charge in [0.15, 0.2) is 5.96 Å². The second-order valence-electron chi connectivity index (χ2n) is 7.37. The number of benzene rings is 1. The number of hydrogen-bond acceptors (Lipinski definition) is 3. The Morgan fingerprint density at radius 3 is 3.00 bits per heavy atom. The fraction of sp³-hybridized carbons (Fsp3) is 0.591. The van der Waals surface area contributed by atoms with E-state index in [0.717, 1.165) is 58.0 Å². The molecule has 0 aliphatic carbocycles. The number of likely N-dealkylation sites (tertiary alicyclic amines) is 1. The largest absolute Gasteiger partial charge is 0.382 e. The number of aromatic nitrogens is 1. The number of aryl methyl sites for hydroxylation is 1.